The lowest BCUT2D eigenvalue weighted by atomic mass is 10.3. The molecule has 4 nitrogen and oxygen atoms in total. The van der Waals surface area contributed by atoms with Crippen molar-refractivity contribution in [2.24, 2.45) is 4.99 Å². The van der Waals surface area contributed by atoms with Gasteiger partial charge in [0.05, 0.1) is 6.54 Å². The topological polar surface area (TPSA) is 48.5 Å². The molecule has 0 heterocycles. The molecule has 0 aromatic heterocycles. The Morgan fingerprint density at radius 2 is 2.05 bits per heavy atom. The smallest absolute Gasteiger partial charge is 0.192 e. The summed E-state index contributed by atoms with van der Waals surface area (Å²) in [6, 6.07) is 10.2. The first-order valence-electron chi connectivity index (χ1n) is 6.61. The van der Waals surface area contributed by atoms with E-state index >= 15 is 0 Å². The highest BCUT2D eigenvalue weighted by Gasteiger charge is 1.94. The second kappa shape index (κ2) is 9.84. The van der Waals surface area contributed by atoms with Crippen LogP contribution < -0.4 is 16.0 Å². The largest absolute Gasteiger partial charge is 0.385 e. The summed E-state index contributed by atoms with van der Waals surface area (Å²) in [5.41, 5.74) is 1.14. The first-order chi connectivity index (χ1) is 9.36. The summed E-state index contributed by atoms with van der Waals surface area (Å²) >= 11 is 0. The van der Waals surface area contributed by atoms with E-state index in [1.165, 1.54) is 0 Å². The zero-order chi connectivity index (χ0) is 13.8. The Kier molecular flexibility index (Phi) is 7.72. The van der Waals surface area contributed by atoms with Crippen molar-refractivity contribution in [3.8, 4) is 12.3 Å². The van der Waals surface area contributed by atoms with Crippen molar-refractivity contribution in [2.75, 3.05) is 31.5 Å². The first-order valence-corrected chi connectivity index (χ1v) is 6.61. The molecule has 0 aliphatic heterocycles. The van der Waals surface area contributed by atoms with E-state index in [0.717, 1.165) is 37.7 Å². The van der Waals surface area contributed by atoms with Crippen LogP contribution in [0.4, 0.5) is 5.69 Å². The molecule has 4 heteroatoms. The lowest BCUT2D eigenvalue weighted by Crippen LogP contribution is -2.37. The lowest BCUT2D eigenvalue weighted by Gasteiger charge is -2.09. The van der Waals surface area contributed by atoms with E-state index < -0.39 is 0 Å². The van der Waals surface area contributed by atoms with E-state index in [0.29, 0.717) is 6.54 Å². The van der Waals surface area contributed by atoms with Gasteiger partial charge < -0.3 is 16.0 Å². The number of nitrogens with one attached hydrogen (secondary N) is 3. The fraction of sp³-hybridized carbons (Fsp3) is 0.400. The average Bonchev–Trinajstić information content (AvgIpc) is 2.45. The predicted octanol–water partition coefficient (Wildman–Crippen LogP) is 1.68. The highest BCUT2D eigenvalue weighted by molar-refractivity contribution is 5.79. The molecule has 0 radical (unpaired) electrons. The molecule has 0 bridgehead atoms. The van der Waals surface area contributed by atoms with E-state index in [1.54, 1.807) is 0 Å². The fourth-order valence-electron chi connectivity index (χ4n) is 1.54. The van der Waals surface area contributed by atoms with Crippen molar-refractivity contribution in [1.82, 2.24) is 10.6 Å². The molecular weight excluding hydrogens is 236 g/mol. The van der Waals surface area contributed by atoms with Gasteiger partial charge >= 0.3 is 0 Å². The van der Waals surface area contributed by atoms with Gasteiger partial charge in [-0.15, -0.1) is 6.42 Å². The second-order valence-corrected chi connectivity index (χ2v) is 3.96. The van der Waals surface area contributed by atoms with Crippen LogP contribution in [0.15, 0.2) is 35.3 Å². The van der Waals surface area contributed by atoms with Gasteiger partial charge in [-0.25, -0.2) is 0 Å². The van der Waals surface area contributed by atoms with Crippen molar-refractivity contribution in [2.45, 2.75) is 13.3 Å². The number of para-hydroxylation sites is 1. The molecule has 102 valence electrons. The van der Waals surface area contributed by atoms with Gasteiger partial charge in [-0.2, -0.15) is 0 Å². The zero-order valence-electron chi connectivity index (χ0n) is 11.4. The van der Waals surface area contributed by atoms with Crippen LogP contribution in [0.3, 0.4) is 0 Å². The van der Waals surface area contributed by atoms with Gasteiger partial charge in [-0.1, -0.05) is 24.1 Å². The maximum Gasteiger partial charge on any atom is 0.192 e. The third-order valence-electron chi connectivity index (χ3n) is 2.41. The molecule has 0 aliphatic rings. The molecule has 1 rings (SSSR count). The van der Waals surface area contributed by atoms with Crippen molar-refractivity contribution >= 4 is 11.6 Å². The van der Waals surface area contributed by atoms with Crippen LogP contribution in [0.1, 0.15) is 13.3 Å². The molecule has 0 saturated carbocycles. The molecule has 19 heavy (non-hydrogen) atoms. The summed E-state index contributed by atoms with van der Waals surface area (Å²) in [7, 11) is 0. The molecule has 0 saturated heterocycles. The standard InChI is InChI=1S/C15H22N4/c1-3-11-18-15(16-4-2)19-13-8-12-17-14-9-6-5-7-10-14/h1,5-7,9-10,17H,4,8,11-13H2,2H3,(H2,16,18,19). The Labute approximate surface area is 115 Å². The maximum atomic E-state index is 5.21. The van der Waals surface area contributed by atoms with Gasteiger partial charge in [-0.05, 0) is 25.5 Å². The van der Waals surface area contributed by atoms with Gasteiger partial charge in [0.15, 0.2) is 5.96 Å². The first kappa shape index (κ1) is 14.9. The van der Waals surface area contributed by atoms with Crippen LogP contribution in [0, 0.1) is 12.3 Å². The minimum atomic E-state index is 0.494. The molecule has 0 fully saturated rings. The van der Waals surface area contributed by atoms with Crippen LogP contribution >= 0.6 is 0 Å². The summed E-state index contributed by atoms with van der Waals surface area (Å²) in [5, 5.41) is 9.56. The second-order valence-electron chi connectivity index (χ2n) is 3.96. The molecule has 0 atom stereocenters. The summed E-state index contributed by atoms with van der Waals surface area (Å²) in [6.07, 6.45) is 6.18. The van der Waals surface area contributed by atoms with E-state index in [1.807, 2.05) is 25.1 Å². The van der Waals surface area contributed by atoms with Crippen molar-refractivity contribution < 1.29 is 0 Å². The van der Waals surface area contributed by atoms with Crippen molar-refractivity contribution in [3.63, 3.8) is 0 Å². The lowest BCUT2D eigenvalue weighted by molar-refractivity contribution is 0.827. The molecule has 0 unspecified atom stereocenters. The number of hydrogen-bond donors (Lipinski definition) is 3. The number of benzene rings is 1. The summed E-state index contributed by atoms with van der Waals surface area (Å²) in [4.78, 5) is 4.44. The van der Waals surface area contributed by atoms with Gasteiger partial charge in [0.25, 0.3) is 0 Å². The Morgan fingerprint density at radius 3 is 2.74 bits per heavy atom. The van der Waals surface area contributed by atoms with E-state index in [4.69, 9.17) is 6.42 Å². The highest BCUT2D eigenvalue weighted by Crippen LogP contribution is 2.04. The number of guanidine groups is 1. The third kappa shape index (κ3) is 6.99. The van der Waals surface area contributed by atoms with Gasteiger partial charge in [0, 0.05) is 25.3 Å². The summed E-state index contributed by atoms with van der Waals surface area (Å²) in [6.45, 7) is 5.03. The number of nitrogens with zero attached hydrogens (tertiary/aromatic N) is 1. The van der Waals surface area contributed by atoms with Crippen LogP contribution in [0.25, 0.3) is 0 Å². The quantitative estimate of drug-likeness (QED) is 0.302. The van der Waals surface area contributed by atoms with Crippen LogP contribution in [-0.4, -0.2) is 32.1 Å². The Hall–Kier alpha value is -2.15. The maximum absolute atomic E-state index is 5.21. The van der Waals surface area contributed by atoms with E-state index in [9.17, 15) is 0 Å². The number of aliphatic imine (C=N–C) groups is 1. The molecule has 3 N–H and O–H groups in total. The Morgan fingerprint density at radius 1 is 1.26 bits per heavy atom. The van der Waals surface area contributed by atoms with Crippen molar-refractivity contribution in [1.29, 1.82) is 0 Å². The Balaban J connectivity index is 2.21. The molecule has 0 aliphatic carbocycles. The fourth-order valence-corrected chi connectivity index (χ4v) is 1.54. The predicted molar refractivity (Wildman–Crippen MR) is 82.4 cm³/mol. The number of anilines is 1. The van der Waals surface area contributed by atoms with E-state index in [2.05, 4.69) is 39.0 Å². The van der Waals surface area contributed by atoms with E-state index in [-0.39, 0.29) is 0 Å². The molecule has 0 spiro atoms. The molecule has 1 aromatic carbocycles. The number of terminal acetylenes is 1. The number of hydrogen-bond acceptors (Lipinski definition) is 2. The third-order valence-corrected chi connectivity index (χ3v) is 2.41. The number of rotatable bonds is 7. The monoisotopic (exact) mass is 258 g/mol. The molecule has 1 aromatic rings. The average molecular weight is 258 g/mol. The zero-order valence-corrected chi connectivity index (χ0v) is 11.4. The van der Waals surface area contributed by atoms with Gasteiger partial charge in [0.1, 0.15) is 0 Å². The van der Waals surface area contributed by atoms with Gasteiger partial charge in [0.2, 0.25) is 0 Å². The minimum absolute atomic E-state index is 0.494. The minimum Gasteiger partial charge on any atom is -0.385 e. The molecular formula is C15H22N4. The summed E-state index contributed by atoms with van der Waals surface area (Å²) < 4.78 is 0. The Bertz CT molecular complexity index is 406. The highest BCUT2D eigenvalue weighted by atomic mass is 15.2. The van der Waals surface area contributed by atoms with Gasteiger partial charge in [-0.3, -0.25) is 4.99 Å². The molecule has 0 amide bonds. The van der Waals surface area contributed by atoms with Crippen LogP contribution in [0.5, 0.6) is 0 Å². The normalized spacial score (nSPS) is 10.6. The van der Waals surface area contributed by atoms with Crippen molar-refractivity contribution in [3.05, 3.63) is 30.3 Å². The summed E-state index contributed by atoms with van der Waals surface area (Å²) in [5.74, 6) is 3.31. The van der Waals surface area contributed by atoms with Crippen LogP contribution in [-0.2, 0) is 0 Å². The van der Waals surface area contributed by atoms with Crippen LogP contribution in [0.2, 0.25) is 0 Å². The SMILES string of the molecule is C#CCNC(=NCCCNc1ccccc1)NCC.